The Morgan fingerprint density at radius 2 is 2.47 bits per heavy atom. The van der Waals surface area contributed by atoms with Crippen LogP contribution in [0, 0.1) is 5.92 Å². The van der Waals surface area contributed by atoms with E-state index in [0.717, 1.165) is 4.88 Å². The molecule has 0 aliphatic carbocycles. The molecular weight excluding hydrogens is 212 g/mol. The van der Waals surface area contributed by atoms with Crippen LogP contribution in [-0.2, 0) is 14.9 Å². The van der Waals surface area contributed by atoms with Crippen LogP contribution in [-0.4, -0.2) is 24.3 Å². The number of hydrogen-bond donors (Lipinski definition) is 1. The molecule has 0 aromatic carbocycles. The zero-order valence-electron chi connectivity index (χ0n) is 8.60. The quantitative estimate of drug-likeness (QED) is 0.855. The van der Waals surface area contributed by atoms with Crippen molar-refractivity contribution in [2.24, 2.45) is 5.92 Å². The van der Waals surface area contributed by atoms with Crippen LogP contribution < -0.4 is 0 Å². The third-order valence-corrected chi connectivity index (χ3v) is 4.19. The predicted molar refractivity (Wildman–Crippen MR) is 58.2 cm³/mol. The molecule has 4 heteroatoms. The van der Waals surface area contributed by atoms with Crippen molar-refractivity contribution in [1.29, 1.82) is 0 Å². The van der Waals surface area contributed by atoms with Gasteiger partial charge in [-0.1, -0.05) is 13.0 Å². The largest absolute Gasteiger partial charge is 0.481 e. The first kappa shape index (κ1) is 10.6. The summed E-state index contributed by atoms with van der Waals surface area (Å²) < 4.78 is 5.24. The first-order chi connectivity index (χ1) is 7.20. The lowest BCUT2D eigenvalue weighted by Crippen LogP contribution is -2.54. The Hall–Kier alpha value is -0.870. The molecule has 1 fully saturated rings. The molecule has 2 rings (SSSR count). The highest BCUT2D eigenvalue weighted by Gasteiger charge is 2.50. The molecule has 1 aliphatic rings. The van der Waals surface area contributed by atoms with Crippen LogP contribution in [0.25, 0.3) is 0 Å². The van der Waals surface area contributed by atoms with Gasteiger partial charge in [0.05, 0.1) is 24.5 Å². The lowest BCUT2D eigenvalue weighted by atomic mass is 9.71. The van der Waals surface area contributed by atoms with Gasteiger partial charge in [-0.3, -0.25) is 4.79 Å². The monoisotopic (exact) mass is 226 g/mol. The van der Waals surface area contributed by atoms with Gasteiger partial charge in [0, 0.05) is 4.88 Å². The molecule has 82 valence electrons. The van der Waals surface area contributed by atoms with Crippen LogP contribution in [0.15, 0.2) is 17.5 Å². The molecule has 0 radical (unpaired) electrons. The minimum atomic E-state index is -0.714. The summed E-state index contributed by atoms with van der Waals surface area (Å²) in [6, 6.07) is 3.98. The molecule has 1 unspecified atom stereocenters. The lowest BCUT2D eigenvalue weighted by Gasteiger charge is -2.44. The second-order valence-corrected chi connectivity index (χ2v) is 4.87. The molecule has 0 amide bonds. The minimum Gasteiger partial charge on any atom is -0.481 e. The molecule has 1 saturated heterocycles. The average Bonchev–Trinajstić information content (AvgIpc) is 2.62. The van der Waals surface area contributed by atoms with Crippen LogP contribution >= 0.6 is 11.3 Å². The summed E-state index contributed by atoms with van der Waals surface area (Å²) in [6.07, 6.45) is 0.649. The van der Waals surface area contributed by atoms with E-state index in [2.05, 4.69) is 0 Å². The van der Waals surface area contributed by atoms with Gasteiger partial charge in [-0.2, -0.15) is 0 Å². The van der Waals surface area contributed by atoms with E-state index in [4.69, 9.17) is 4.74 Å². The summed E-state index contributed by atoms with van der Waals surface area (Å²) in [7, 11) is 0. The van der Waals surface area contributed by atoms with Gasteiger partial charge in [0.15, 0.2) is 0 Å². The Balaban J connectivity index is 2.32. The molecule has 1 aromatic heterocycles. The summed E-state index contributed by atoms with van der Waals surface area (Å²) in [4.78, 5) is 12.4. The molecule has 15 heavy (non-hydrogen) atoms. The topological polar surface area (TPSA) is 46.5 Å². The van der Waals surface area contributed by atoms with E-state index in [0.29, 0.717) is 19.6 Å². The highest BCUT2D eigenvalue weighted by Crippen LogP contribution is 2.43. The maximum Gasteiger partial charge on any atom is 0.307 e. The fourth-order valence-corrected chi connectivity index (χ4v) is 3.16. The molecule has 0 saturated carbocycles. The standard InChI is InChI=1S/C11H14O3S/c1-2-8(10(12)13)11(6-14-7-11)9-4-3-5-15-9/h3-5,8H,2,6-7H2,1H3,(H,12,13). The van der Waals surface area contributed by atoms with Crippen LogP contribution in [0.5, 0.6) is 0 Å². The first-order valence-corrected chi connectivity index (χ1v) is 5.93. The van der Waals surface area contributed by atoms with Gasteiger partial charge in [0.1, 0.15) is 0 Å². The lowest BCUT2D eigenvalue weighted by molar-refractivity contribution is -0.156. The van der Waals surface area contributed by atoms with E-state index >= 15 is 0 Å². The van der Waals surface area contributed by atoms with E-state index in [9.17, 15) is 9.90 Å². The molecule has 1 N–H and O–H groups in total. The summed E-state index contributed by atoms with van der Waals surface area (Å²) in [5.41, 5.74) is -0.269. The SMILES string of the molecule is CCC(C(=O)O)C1(c2cccs2)COC1. The summed E-state index contributed by atoms with van der Waals surface area (Å²) in [5.74, 6) is -1.04. The smallest absolute Gasteiger partial charge is 0.307 e. The van der Waals surface area contributed by atoms with Gasteiger partial charge in [0.2, 0.25) is 0 Å². The molecule has 0 spiro atoms. The van der Waals surface area contributed by atoms with Crippen LogP contribution in [0.2, 0.25) is 0 Å². The highest BCUT2D eigenvalue weighted by atomic mass is 32.1. The third-order valence-electron chi connectivity index (χ3n) is 3.10. The fourth-order valence-electron chi connectivity index (χ4n) is 2.20. The number of carboxylic acid groups (broad SMARTS) is 1. The Kier molecular flexibility index (Phi) is 2.80. The van der Waals surface area contributed by atoms with E-state index in [-0.39, 0.29) is 11.3 Å². The summed E-state index contributed by atoms with van der Waals surface area (Å²) >= 11 is 1.62. The second kappa shape index (κ2) is 3.94. The van der Waals surface area contributed by atoms with Crippen molar-refractivity contribution in [3.8, 4) is 0 Å². The average molecular weight is 226 g/mol. The van der Waals surface area contributed by atoms with Crippen molar-refractivity contribution in [3.63, 3.8) is 0 Å². The van der Waals surface area contributed by atoms with Crippen molar-refractivity contribution >= 4 is 17.3 Å². The Labute approximate surface area is 92.7 Å². The number of rotatable bonds is 4. The number of carbonyl (C=O) groups is 1. The Morgan fingerprint density at radius 3 is 2.80 bits per heavy atom. The number of aliphatic carboxylic acids is 1. The molecular formula is C11H14O3S. The Morgan fingerprint density at radius 1 is 1.73 bits per heavy atom. The third kappa shape index (κ3) is 1.58. The first-order valence-electron chi connectivity index (χ1n) is 5.05. The van der Waals surface area contributed by atoms with E-state index in [1.54, 1.807) is 11.3 Å². The normalized spacial score (nSPS) is 20.6. The van der Waals surface area contributed by atoms with E-state index in [1.165, 1.54) is 0 Å². The number of hydrogen-bond acceptors (Lipinski definition) is 3. The Bertz CT molecular complexity index is 341. The van der Waals surface area contributed by atoms with Crippen LogP contribution in [0.4, 0.5) is 0 Å². The maximum atomic E-state index is 11.2. The van der Waals surface area contributed by atoms with Crippen molar-refractivity contribution in [1.82, 2.24) is 0 Å². The van der Waals surface area contributed by atoms with Crippen LogP contribution in [0.3, 0.4) is 0 Å². The fraction of sp³-hybridized carbons (Fsp3) is 0.545. The van der Waals surface area contributed by atoms with Gasteiger partial charge >= 0.3 is 5.97 Å². The van der Waals surface area contributed by atoms with Gasteiger partial charge < -0.3 is 9.84 Å². The number of carboxylic acids is 1. The number of ether oxygens (including phenoxy) is 1. The zero-order valence-corrected chi connectivity index (χ0v) is 9.42. The molecule has 0 bridgehead atoms. The van der Waals surface area contributed by atoms with E-state index in [1.807, 2.05) is 24.4 Å². The molecule has 1 aliphatic heterocycles. The minimum absolute atomic E-state index is 0.269. The van der Waals surface area contributed by atoms with Crippen molar-refractivity contribution in [2.75, 3.05) is 13.2 Å². The van der Waals surface area contributed by atoms with Gasteiger partial charge in [-0.05, 0) is 17.9 Å². The second-order valence-electron chi connectivity index (χ2n) is 3.93. The summed E-state index contributed by atoms with van der Waals surface area (Å²) in [6.45, 7) is 3.00. The van der Waals surface area contributed by atoms with Crippen molar-refractivity contribution in [2.45, 2.75) is 18.8 Å². The predicted octanol–water partition coefficient (Wildman–Crippen LogP) is 2.13. The maximum absolute atomic E-state index is 11.2. The van der Waals surface area contributed by atoms with Gasteiger partial charge in [-0.15, -0.1) is 11.3 Å². The zero-order chi connectivity index (χ0) is 10.9. The molecule has 3 nitrogen and oxygen atoms in total. The van der Waals surface area contributed by atoms with Crippen molar-refractivity contribution in [3.05, 3.63) is 22.4 Å². The number of thiophene rings is 1. The van der Waals surface area contributed by atoms with Gasteiger partial charge in [-0.25, -0.2) is 0 Å². The molecule has 1 atom stereocenters. The van der Waals surface area contributed by atoms with Crippen LogP contribution in [0.1, 0.15) is 18.2 Å². The van der Waals surface area contributed by atoms with Gasteiger partial charge in [0.25, 0.3) is 0 Å². The summed E-state index contributed by atoms with van der Waals surface area (Å²) in [5, 5.41) is 11.2. The highest BCUT2D eigenvalue weighted by molar-refractivity contribution is 7.10. The van der Waals surface area contributed by atoms with Crippen molar-refractivity contribution < 1.29 is 14.6 Å². The molecule has 2 heterocycles. The van der Waals surface area contributed by atoms with E-state index < -0.39 is 5.97 Å². The molecule has 1 aromatic rings.